The number of sulfonamides is 1. The summed E-state index contributed by atoms with van der Waals surface area (Å²) in [5, 5.41) is 5.11. The quantitative estimate of drug-likeness (QED) is 0.192. The van der Waals surface area contributed by atoms with Crippen molar-refractivity contribution in [3.05, 3.63) is 121 Å². The molecule has 17 heteroatoms. The number of fused-ring (bicyclic) bond motifs is 1. The van der Waals surface area contributed by atoms with Crippen molar-refractivity contribution in [2.75, 3.05) is 11.3 Å². The summed E-state index contributed by atoms with van der Waals surface area (Å²) in [5.41, 5.74) is -1.30. The molecule has 0 aliphatic carbocycles. The minimum Gasteiger partial charge on any atom is -0.461 e. The van der Waals surface area contributed by atoms with E-state index in [0.29, 0.717) is 42.0 Å². The summed E-state index contributed by atoms with van der Waals surface area (Å²) in [5.74, 6) is -5.08. The first-order chi connectivity index (χ1) is 25.8. The number of anilines is 1. The molecule has 55 heavy (non-hydrogen) atoms. The maximum Gasteiger partial charge on any atom is 0.335 e. The van der Waals surface area contributed by atoms with E-state index in [0.717, 1.165) is 16.7 Å². The topological polar surface area (TPSA) is 184 Å². The number of hydrogen-bond donors (Lipinski definition) is 3. The molecule has 0 bridgehead atoms. The SMILES string of the molecule is CC(C)OC(=O)[C@H](Cc1ccc(-n2c(=O)c3c(n(C)c2=O)COCC3)cc1)NC(=O)c1cc(F)c(NS(=O)(=O)c2ccc(C(=O)NC(C)(C)C)cc2)cc1F. The van der Waals surface area contributed by atoms with Crippen LogP contribution in [0.3, 0.4) is 0 Å². The van der Waals surface area contributed by atoms with Crippen LogP contribution in [0.5, 0.6) is 0 Å². The maximum absolute atomic E-state index is 15.3. The molecule has 3 N–H and O–H groups in total. The zero-order valence-electron chi connectivity index (χ0n) is 31.0. The fraction of sp³-hybridized carbons (Fsp3) is 0.342. The summed E-state index contributed by atoms with van der Waals surface area (Å²) in [7, 11) is -2.92. The number of carbonyl (C=O) groups is 3. The Balaban J connectivity index is 1.34. The molecule has 1 aliphatic rings. The number of aromatic nitrogens is 2. The highest BCUT2D eigenvalue weighted by atomic mass is 32.2. The van der Waals surface area contributed by atoms with Gasteiger partial charge in [0.05, 0.1) is 46.8 Å². The van der Waals surface area contributed by atoms with Gasteiger partial charge in [-0.05, 0) is 82.6 Å². The molecule has 0 fully saturated rings. The number of benzene rings is 3. The van der Waals surface area contributed by atoms with Crippen LogP contribution in [0, 0.1) is 11.6 Å². The van der Waals surface area contributed by atoms with Crippen molar-refractivity contribution in [2.45, 2.75) is 76.6 Å². The monoisotopic (exact) mass is 781 g/mol. The van der Waals surface area contributed by atoms with Gasteiger partial charge in [0.2, 0.25) is 0 Å². The predicted octanol–water partition coefficient (Wildman–Crippen LogP) is 3.51. The Kier molecular flexibility index (Phi) is 11.8. The number of hydrogen-bond acceptors (Lipinski definition) is 9. The number of rotatable bonds is 11. The molecule has 0 unspecified atom stereocenters. The lowest BCUT2D eigenvalue weighted by molar-refractivity contribution is -0.149. The average Bonchev–Trinajstić information content (AvgIpc) is 3.11. The number of ether oxygens (including phenoxy) is 2. The second-order valence-electron chi connectivity index (χ2n) is 14.2. The van der Waals surface area contributed by atoms with Gasteiger partial charge in [0, 0.05) is 42.6 Å². The van der Waals surface area contributed by atoms with E-state index in [2.05, 4.69) is 10.6 Å². The molecule has 1 aliphatic heterocycles. The smallest absolute Gasteiger partial charge is 0.335 e. The van der Waals surface area contributed by atoms with Gasteiger partial charge in [0.25, 0.3) is 27.4 Å². The van der Waals surface area contributed by atoms with E-state index < -0.39 is 79.6 Å². The highest BCUT2D eigenvalue weighted by Crippen LogP contribution is 2.24. The largest absolute Gasteiger partial charge is 0.461 e. The van der Waals surface area contributed by atoms with E-state index in [4.69, 9.17) is 9.47 Å². The fourth-order valence-corrected chi connectivity index (χ4v) is 6.84. The van der Waals surface area contributed by atoms with Crippen LogP contribution in [-0.2, 0) is 50.8 Å². The average molecular weight is 782 g/mol. The molecule has 3 aromatic carbocycles. The lowest BCUT2D eigenvalue weighted by Crippen LogP contribution is -2.44. The minimum absolute atomic E-state index is 0.144. The van der Waals surface area contributed by atoms with Crippen LogP contribution >= 0.6 is 0 Å². The van der Waals surface area contributed by atoms with Gasteiger partial charge in [-0.1, -0.05) is 12.1 Å². The van der Waals surface area contributed by atoms with Crippen LogP contribution in [0.4, 0.5) is 14.5 Å². The van der Waals surface area contributed by atoms with Gasteiger partial charge >= 0.3 is 11.7 Å². The van der Waals surface area contributed by atoms with Crippen molar-refractivity contribution < 1.29 is 41.1 Å². The van der Waals surface area contributed by atoms with Crippen molar-refractivity contribution in [2.24, 2.45) is 7.05 Å². The van der Waals surface area contributed by atoms with E-state index in [9.17, 15) is 32.4 Å². The third-order valence-electron chi connectivity index (χ3n) is 8.46. The molecule has 2 amide bonds. The Hall–Kier alpha value is -5.68. The summed E-state index contributed by atoms with van der Waals surface area (Å²) >= 11 is 0. The fourth-order valence-electron chi connectivity index (χ4n) is 5.78. The molecule has 292 valence electrons. The van der Waals surface area contributed by atoms with E-state index in [1.54, 1.807) is 53.8 Å². The molecule has 0 radical (unpaired) electrons. The second kappa shape index (κ2) is 16.0. The Bertz CT molecular complexity index is 2370. The normalized spacial score (nSPS) is 13.5. The van der Waals surface area contributed by atoms with Gasteiger partial charge in [-0.15, -0.1) is 0 Å². The van der Waals surface area contributed by atoms with Crippen molar-refractivity contribution in [1.29, 1.82) is 0 Å². The maximum atomic E-state index is 15.3. The van der Waals surface area contributed by atoms with Gasteiger partial charge in [-0.2, -0.15) is 0 Å². The van der Waals surface area contributed by atoms with Gasteiger partial charge in [-0.3, -0.25) is 23.7 Å². The Morgan fingerprint density at radius 2 is 1.60 bits per heavy atom. The van der Waals surface area contributed by atoms with E-state index in [-0.39, 0.29) is 29.2 Å². The zero-order valence-corrected chi connectivity index (χ0v) is 31.8. The first-order valence-corrected chi connectivity index (χ1v) is 18.7. The number of amides is 2. The zero-order chi connectivity index (χ0) is 40.4. The van der Waals surface area contributed by atoms with Crippen LogP contribution in [0.1, 0.15) is 72.2 Å². The second-order valence-corrected chi connectivity index (χ2v) is 15.9. The number of nitrogens with one attached hydrogen (secondary N) is 3. The van der Waals surface area contributed by atoms with Crippen molar-refractivity contribution >= 4 is 33.5 Å². The lowest BCUT2D eigenvalue weighted by Gasteiger charge is -2.21. The Morgan fingerprint density at radius 1 is 0.945 bits per heavy atom. The van der Waals surface area contributed by atoms with Crippen LogP contribution in [0.2, 0.25) is 0 Å². The van der Waals surface area contributed by atoms with Crippen molar-refractivity contribution in [3.63, 3.8) is 0 Å². The molecule has 14 nitrogen and oxygen atoms in total. The molecule has 2 heterocycles. The van der Waals surface area contributed by atoms with Crippen LogP contribution in [0.15, 0.2) is 75.1 Å². The van der Waals surface area contributed by atoms with Crippen LogP contribution < -0.4 is 26.6 Å². The first-order valence-electron chi connectivity index (χ1n) is 17.2. The molecule has 1 aromatic heterocycles. The standard InChI is InChI=1S/C38H41F2N5O9S/c1-21(2)54-36(49)31(17-22-7-11-24(12-8-22)45-35(48)26-15-16-53-20-32(26)44(6)37(45)50)41-34(47)27-18-29(40)30(19-28(27)39)43-55(51,52)25-13-9-23(10-14-25)33(46)42-38(3,4)5/h7-14,18-19,21,31,43H,15-17,20H2,1-6H3,(H,41,47)(H,42,46)/t31-/m0/s1. The van der Waals surface area contributed by atoms with Crippen LogP contribution in [0.25, 0.3) is 5.69 Å². The van der Waals surface area contributed by atoms with Gasteiger partial charge < -0.3 is 20.1 Å². The molecule has 5 rings (SSSR count). The number of esters is 1. The lowest BCUT2D eigenvalue weighted by atomic mass is 10.0. The van der Waals surface area contributed by atoms with Crippen LogP contribution in [-0.4, -0.2) is 59.6 Å². The molecule has 4 aromatic rings. The number of halogens is 2. The van der Waals surface area contributed by atoms with E-state index >= 15 is 8.78 Å². The van der Waals surface area contributed by atoms with Gasteiger partial charge in [-0.25, -0.2) is 31.4 Å². The van der Waals surface area contributed by atoms with Gasteiger partial charge in [0.15, 0.2) is 0 Å². The van der Waals surface area contributed by atoms with Crippen molar-refractivity contribution in [3.8, 4) is 5.69 Å². The van der Waals surface area contributed by atoms with E-state index in [1.165, 1.54) is 28.8 Å². The minimum atomic E-state index is -4.46. The highest BCUT2D eigenvalue weighted by molar-refractivity contribution is 7.92. The number of carbonyl (C=O) groups excluding carboxylic acids is 3. The van der Waals surface area contributed by atoms with E-state index in [1.807, 2.05) is 4.72 Å². The van der Waals surface area contributed by atoms with Gasteiger partial charge in [0.1, 0.15) is 17.7 Å². The predicted molar refractivity (Wildman–Crippen MR) is 198 cm³/mol. The Morgan fingerprint density at radius 3 is 2.22 bits per heavy atom. The molecule has 0 saturated heterocycles. The summed E-state index contributed by atoms with van der Waals surface area (Å²) in [6, 6.07) is 10.5. The third kappa shape index (κ3) is 9.35. The summed E-state index contributed by atoms with van der Waals surface area (Å²) in [6.07, 6.45) is -0.424. The summed E-state index contributed by atoms with van der Waals surface area (Å²) < 4.78 is 71.7. The van der Waals surface area contributed by atoms with Crippen molar-refractivity contribution in [1.82, 2.24) is 19.8 Å². The first kappa shape index (κ1) is 40.5. The summed E-state index contributed by atoms with van der Waals surface area (Å²) in [4.78, 5) is 64.8. The molecular weight excluding hydrogens is 741 g/mol. The molecular formula is C38H41F2N5O9S. The molecule has 0 saturated carbocycles. The molecule has 0 spiro atoms. The summed E-state index contributed by atoms with van der Waals surface area (Å²) in [6.45, 7) is 8.99. The third-order valence-corrected chi connectivity index (χ3v) is 9.85. The number of nitrogens with zero attached hydrogens (tertiary/aromatic N) is 2. The molecule has 1 atom stereocenters. The Labute approximate surface area is 315 Å². The highest BCUT2D eigenvalue weighted by Gasteiger charge is 2.28.